The lowest BCUT2D eigenvalue weighted by Crippen LogP contribution is -2.42. The molecule has 1 N–H and O–H groups in total. The van der Waals surface area contributed by atoms with Crippen LogP contribution in [0.5, 0.6) is 0 Å². The van der Waals surface area contributed by atoms with Gasteiger partial charge in [0.2, 0.25) is 5.95 Å². The van der Waals surface area contributed by atoms with Gasteiger partial charge in [-0.2, -0.15) is 0 Å². The van der Waals surface area contributed by atoms with Crippen LogP contribution in [0.4, 0.5) is 5.95 Å². The molecule has 0 unspecified atom stereocenters. The summed E-state index contributed by atoms with van der Waals surface area (Å²) in [6.07, 6.45) is 6.01. The van der Waals surface area contributed by atoms with Crippen molar-refractivity contribution < 1.29 is 8.42 Å². The summed E-state index contributed by atoms with van der Waals surface area (Å²) < 4.78 is 25.8. The molecule has 0 atom stereocenters. The number of H-pyrrole nitrogens is 1. The average Bonchev–Trinajstić information content (AvgIpc) is 2.82. The Morgan fingerprint density at radius 2 is 1.80 bits per heavy atom. The number of sulfone groups is 1. The SMILES string of the molecule is O=S1(=O)CCN(c2n[nH]c(=S)n2C2CCCCC2)CC1. The van der Waals surface area contributed by atoms with Gasteiger partial charge in [-0.1, -0.05) is 19.3 Å². The van der Waals surface area contributed by atoms with Crippen LogP contribution < -0.4 is 4.90 Å². The molecule has 0 spiro atoms. The second-order valence-corrected chi connectivity index (χ2v) is 8.32. The predicted molar refractivity (Wildman–Crippen MR) is 80.4 cm³/mol. The first-order valence-electron chi connectivity index (χ1n) is 7.19. The van der Waals surface area contributed by atoms with Crippen LogP contribution in [-0.2, 0) is 9.84 Å². The molecule has 112 valence electrons. The highest BCUT2D eigenvalue weighted by atomic mass is 32.2. The van der Waals surface area contributed by atoms with Gasteiger partial charge in [-0.15, -0.1) is 5.10 Å². The summed E-state index contributed by atoms with van der Waals surface area (Å²) >= 11 is 5.37. The molecule has 0 bridgehead atoms. The van der Waals surface area contributed by atoms with Gasteiger partial charge in [0.1, 0.15) is 0 Å². The molecule has 0 radical (unpaired) electrons. The van der Waals surface area contributed by atoms with Gasteiger partial charge in [-0.25, -0.2) is 13.5 Å². The Morgan fingerprint density at radius 1 is 1.15 bits per heavy atom. The van der Waals surface area contributed by atoms with Crippen molar-refractivity contribution in [3.05, 3.63) is 4.77 Å². The topological polar surface area (TPSA) is 71.0 Å². The number of rotatable bonds is 2. The fourth-order valence-corrected chi connectivity index (χ4v) is 4.58. The van der Waals surface area contributed by atoms with E-state index in [-0.39, 0.29) is 11.5 Å². The minimum atomic E-state index is -2.87. The lowest BCUT2D eigenvalue weighted by atomic mass is 9.95. The number of aromatic nitrogens is 3. The molecule has 20 heavy (non-hydrogen) atoms. The first-order valence-corrected chi connectivity index (χ1v) is 9.42. The number of nitrogens with zero attached hydrogens (tertiary/aromatic N) is 3. The Bertz CT molecular complexity index is 614. The molecule has 1 saturated carbocycles. The van der Waals surface area contributed by atoms with Crippen molar-refractivity contribution in [2.75, 3.05) is 29.5 Å². The fraction of sp³-hybridized carbons (Fsp3) is 0.833. The van der Waals surface area contributed by atoms with Crippen LogP contribution in [0.25, 0.3) is 0 Å². The zero-order valence-electron chi connectivity index (χ0n) is 11.4. The number of hydrogen-bond acceptors (Lipinski definition) is 5. The van der Waals surface area contributed by atoms with E-state index in [4.69, 9.17) is 12.2 Å². The molecule has 1 aromatic rings. The van der Waals surface area contributed by atoms with Crippen LogP contribution in [0.3, 0.4) is 0 Å². The Hall–Kier alpha value is -0.890. The molecule has 2 aliphatic rings. The first kappa shape index (κ1) is 14.1. The first-order chi connectivity index (χ1) is 9.57. The number of hydrogen-bond donors (Lipinski definition) is 1. The molecule has 8 heteroatoms. The molecule has 1 aliphatic carbocycles. The van der Waals surface area contributed by atoms with Crippen molar-refractivity contribution in [1.29, 1.82) is 0 Å². The summed E-state index contributed by atoms with van der Waals surface area (Å²) in [7, 11) is -2.87. The van der Waals surface area contributed by atoms with Crippen molar-refractivity contribution in [2.45, 2.75) is 38.1 Å². The van der Waals surface area contributed by atoms with Crippen molar-refractivity contribution in [1.82, 2.24) is 14.8 Å². The summed E-state index contributed by atoms with van der Waals surface area (Å²) in [6, 6.07) is 0.406. The molecule has 1 aromatic heterocycles. The molecule has 3 rings (SSSR count). The lowest BCUT2D eigenvalue weighted by Gasteiger charge is -2.31. The van der Waals surface area contributed by atoms with Crippen molar-refractivity contribution in [3.63, 3.8) is 0 Å². The summed E-state index contributed by atoms with van der Waals surface area (Å²) in [4.78, 5) is 2.04. The van der Waals surface area contributed by atoms with Crippen LogP contribution in [0, 0.1) is 4.77 Å². The number of anilines is 1. The van der Waals surface area contributed by atoms with E-state index in [9.17, 15) is 8.42 Å². The highest BCUT2D eigenvalue weighted by molar-refractivity contribution is 7.91. The zero-order valence-corrected chi connectivity index (χ0v) is 13.0. The van der Waals surface area contributed by atoms with Gasteiger partial charge in [0.05, 0.1) is 11.5 Å². The van der Waals surface area contributed by atoms with Gasteiger partial charge >= 0.3 is 0 Å². The quantitative estimate of drug-likeness (QED) is 0.841. The van der Waals surface area contributed by atoms with Gasteiger partial charge in [-0.3, -0.25) is 4.57 Å². The average molecular weight is 316 g/mol. The van der Waals surface area contributed by atoms with Gasteiger partial charge in [0.25, 0.3) is 0 Å². The lowest BCUT2D eigenvalue weighted by molar-refractivity contribution is 0.350. The molecule has 2 fully saturated rings. The minimum Gasteiger partial charge on any atom is -0.339 e. The van der Waals surface area contributed by atoms with Crippen LogP contribution >= 0.6 is 12.2 Å². The van der Waals surface area contributed by atoms with Crippen molar-refractivity contribution in [3.8, 4) is 0 Å². The summed E-state index contributed by atoms with van der Waals surface area (Å²) in [5.74, 6) is 1.23. The maximum atomic E-state index is 11.5. The van der Waals surface area contributed by atoms with Crippen molar-refractivity contribution in [2.24, 2.45) is 0 Å². The molecular weight excluding hydrogens is 296 g/mol. The van der Waals surface area contributed by atoms with E-state index in [1.165, 1.54) is 19.3 Å². The summed E-state index contributed by atoms with van der Waals surface area (Å²) in [6.45, 7) is 1.02. The second-order valence-electron chi connectivity index (χ2n) is 5.63. The van der Waals surface area contributed by atoms with E-state index in [2.05, 4.69) is 14.8 Å². The monoisotopic (exact) mass is 316 g/mol. The van der Waals surface area contributed by atoms with Crippen LogP contribution in [0.2, 0.25) is 0 Å². The van der Waals surface area contributed by atoms with Gasteiger partial charge in [0.15, 0.2) is 14.6 Å². The third-order valence-corrected chi connectivity index (χ3v) is 6.15. The largest absolute Gasteiger partial charge is 0.339 e. The number of aromatic amines is 1. The predicted octanol–water partition coefficient (Wildman–Crippen LogP) is 1.68. The van der Waals surface area contributed by atoms with Gasteiger partial charge in [-0.05, 0) is 25.1 Å². The summed E-state index contributed by atoms with van der Waals surface area (Å²) in [5, 5.41) is 7.22. The van der Waals surface area contributed by atoms with Crippen molar-refractivity contribution >= 4 is 28.0 Å². The third-order valence-electron chi connectivity index (χ3n) is 4.25. The molecule has 1 aliphatic heterocycles. The molecule has 1 saturated heterocycles. The summed E-state index contributed by atoms with van der Waals surface area (Å²) in [5.41, 5.74) is 0. The van der Waals surface area contributed by atoms with Crippen LogP contribution in [0.1, 0.15) is 38.1 Å². The van der Waals surface area contributed by atoms with Crippen LogP contribution in [-0.4, -0.2) is 47.8 Å². The minimum absolute atomic E-state index is 0.206. The fourth-order valence-electron chi connectivity index (χ4n) is 3.10. The maximum Gasteiger partial charge on any atom is 0.226 e. The maximum absolute atomic E-state index is 11.5. The Morgan fingerprint density at radius 3 is 2.45 bits per heavy atom. The highest BCUT2D eigenvalue weighted by Gasteiger charge is 2.27. The van der Waals surface area contributed by atoms with Gasteiger partial charge < -0.3 is 4.90 Å². The van der Waals surface area contributed by atoms with E-state index in [0.717, 1.165) is 18.8 Å². The van der Waals surface area contributed by atoms with E-state index in [1.54, 1.807) is 0 Å². The smallest absolute Gasteiger partial charge is 0.226 e. The Kier molecular flexibility index (Phi) is 3.85. The highest BCUT2D eigenvalue weighted by Crippen LogP contribution is 2.31. The molecule has 0 amide bonds. The van der Waals surface area contributed by atoms with E-state index in [1.807, 2.05) is 4.90 Å². The molecule has 2 heterocycles. The third kappa shape index (κ3) is 2.76. The number of nitrogens with one attached hydrogen (secondary N) is 1. The molecule has 0 aromatic carbocycles. The molecular formula is C12H20N4O2S2. The standard InChI is InChI=1S/C12H20N4O2S2/c17-20(18)8-6-15(7-9-20)11-13-14-12(19)16(11)10-4-2-1-3-5-10/h10H,1-9H2,(H,14,19). The zero-order chi connectivity index (χ0) is 14.2. The van der Waals surface area contributed by atoms with E-state index in [0.29, 0.717) is 23.9 Å². The van der Waals surface area contributed by atoms with E-state index < -0.39 is 9.84 Å². The normalized spacial score (nSPS) is 23.9. The Labute approximate surface area is 124 Å². The van der Waals surface area contributed by atoms with Crippen LogP contribution in [0.15, 0.2) is 0 Å². The van der Waals surface area contributed by atoms with Gasteiger partial charge in [0, 0.05) is 19.1 Å². The Balaban J connectivity index is 1.85. The molecule has 6 nitrogen and oxygen atoms in total. The second kappa shape index (κ2) is 5.48. The van der Waals surface area contributed by atoms with E-state index >= 15 is 0 Å².